The summed E-state index contributed by atoms with van der Waals surface area (Å²) >= 11 is 0. The van der Waals surface area contributed by atoms with Crippen LogP contribution >= 0.6 is 0 Å². The van der Waals surface area contributed by atoms with Crippen LogP contribution in [0.3, 0.4) is 0 Å². The third-order valence-electron chi connectivity index (χ3n) is 4.88. The van der Waals surface area contributed by atoms with Gasteiger partial charge in [-0.25, -0.2) is 9.97 Å². The van der Waals surface area contributed by atoms with Crippen molar-refractivity contribution in [2.75, 3.05) is 35.5 Å². The van der Waals surface area contributed by atoms with E-state index in [1.165, 1.54) is 6.33 Å². The van der Waals surface area contributed by atoms with Crippen molar-refractivity contribution < 1.29 is 23.7 Å². The highest BCUT2D eigenvalue weighted by molar-refractivity contribution is 6.27. The van der Waals surface area contributed by atoms with Crippen LogP contribution in [0, 0.1) is 0 Å². The average Bonchev–Trinajstić information content (AvgIpc) is 2.76. The van der Waals surface area contributed by atoms with Crippen molar-refractivity contribution in [3.05, 3.63) is 30.7 Å². The maximum Gasteiger partial charge on any atom is 0.203 e. The maximum atomic E-state index is 5.76. The Morgan fingerprint density at radius 1 is 0.607 bits per heavy atom. The second-order valence-electron chi connectivity index (χ2n) is 6.11. The molecule has 0 saturated heterocycles. The molecule has 4 aromatic rings. The van der Waals surface area contributed by atoms with Crippen LogP contribution in [0.1, 0.15) is 0 Å². The van der Waals surface area contributed by atoms with E-state index in [-0.39, 0.29) is 0 Å². The van der Waals surface area contributed by atoms with Crippen LogP contribution in [0.2, 0.25) is 0 Å². The van der Waals surface area contributed by atoms with E-state index in [0.717, 1.165) is 32.4 Å². The monoisotopic (exact) mass is 380 g/mol. The molecule has 28 heavy (non-hydrogen) atoms. The number of hydrogen-bond donors (Lipinski definition) is 0. The van der Waals surface area contributed by atoms with Gasteiger partial charge in [-0.2, -0.15) is 0 Å². The third kappa shape index (κ3) is 2.43. The molecule has 0 N–H and O–H groups in total. The van der Waals surface area contributed by atoms with Gasteiger partial charge in [0.15, 0.2) is 23.0 Å². The zero-order valence-corrected chi connectivity index (χ0v) is 16.3. The quantitative estimate of drug-likeness (QED) is 0.485. The normalized spacial score (nSPS) is 11.0. The largest absolute Gasteiger partial charge is 0.493 e. The first-order valence-corrected chi connectivity index (χ1v) is 8.58. The van der Waals surface area contributed by atoms with Crippen molar-refractivity contribution in [2.24, 2.45) is 0 Å². The van der Waals surface area contributed by atoms with Gasteiger partial charge < -0.3 is 23.7 Å². The number of nitrogens with zero attached hydrogens (tertiary/aromatic N) is 2. The number of rotatable bonds is 5. The van der Waals surface area contributed by atoms with Crippen LogP contribution in [0.25, 0.3) is 32.4 Å². The Labute approximate surface area is 161 Å². The Morgan fingerprint density at radius 2 is 1.18 bits per heavy atom. The van der Waals surface area contributed by atoms with Gasteiger partial charge in [0.25, 0.3) is 0 Å². The van der Waals surface area contributed by atoms with Crippen LogP contribution in [0.15, 0.2) is 30.7 Å². The lowest BCUT2D eigenvalue weighted by atomic mass is 9.95. The molecule has 0 amide bonds. The minimum Gasteiger partial charge on any atom is -0.493 e. The Hall–Kier alpha value is -3.48. The highest BCUT2D eigenvalue weighted by atomic mass is 16.5. The van der Waals surface area contributed by atoms with Gasteiger partial charge in [-0.05, 0) is 23.6 Å². The van der Waals surface area contributed by atoms with E-state index in [1.807, 2.05) is 18.2 Å². The molecule has 0 bridgehead atoms. The Kier molecular flexibility index (Phi) is 4.43. The molecule has 7 nitrogen and oxygen atoms in total. The van der Waals surface area contributed by atoms with E-state index in [1.54, 1.807) is 41.7 Å². The Balaban J connectivity index is 2.35. The van der Waals surface area contributed by atoms with Crippen LogP contribution in [0.5, 0.6) is 28.7 Å². The predicted molar refractivity (Wildman–Crippen MR) is 107 cm³/mol. The topological polar surface area (TPSA) is 71.9 Å². The molecule has 4 rings (SSSR count). The summed E-state index contributed by atoms with van der Waals surface area (Å²) in [5, 5.41) is 4.42. The molecule has 1 aromatic heterocycles. The van der Waals surface area contributed by atoms with Gasteiger partial charge in [0, 0.05) is 27.7 Å². The van der Waals surface area contributed by atoms with Gasteiger partial charge in [0.05, 0.1) is 41.1 Å². The van der Waals surface area contributed by atoms with Crippen LogP contribution in [0.4, 0.5) is 0 Å². The molecule has 144 valence electrons. The van der Waals surface area contributed by atoms with Gasteiger partial charge in [0.2, 0.25) is 5.75 Å². The zero-order chi connectivity index (χ0) is 19.8. The number of methoxy groups -OCH3 is 5. The number of ether oxygens (including phenoxy) is 5. The summed E-state index contributed by atoms with van der Waals surface area (Å²) in [4.78, 5) is 8.74. The minimum absolute atomic E-state index is 0.518. The van der Waals surface area contributed by atoms with E-state index >= 15 is 0 Å². The summed E-state index contributed by atoms with van der Waals surface area (Å²) in [6.45, 7) is 0. The van der Waals surface area contributed by atoms with Gasteiger partial charge >= 0.3 is 0 Å². The predicted octanol–water partition coefficient (Wildman–Crippen LogP) is 3.98. The smallest absolute Gasteiger partial charge is 0.203 e. The lowest BCUT2D eigenvalue weighted by molar-refractivity contribution is 0.327. The van der Waals surface area contributed by atoms with Crippen molar-refractivity contribution in [1.29, 1.82) is 0 Å². The van der Waals surface area contributed by atoms with Crippen LogP contribution in [-0.2, 0) is 0 Å². The average molecular weight is 380 g/mol. The molecule has 1 heterocycles. The summed E-state index contributed by atoms with van der Waals surface area (Å²) in [6, 6.07) is 5.75. The molecule has 3 aromatic carbocycles. The zero-order valence-electron chi connectivity index (χ0n) is 16.3. The van der Waals surface area contributed by atoms with E-state index in [2.05, 4.69) is 9.97 Å². The first kappa shape index (κ1) is 17.9. The van der Waals surface area contributed by atoms with Crippen molar-refractivity contribution >= 4 is 32.4 Å². The molecular weight excluding hydrogens is 360 g/mol. The van der Waals surface area contributed by atoms with Crippen LogP contribution in [-0.4, -0.2) is 45.5 Å². The molecule has 0 spiro atoms. The highest BCUT2D eigenvalue weighted by Crippen LogP contribution is 2.49. The minimum atomic E-state index is 0.518. The molecule has 0 atom stereocenters. The summed E-state index contributed by atoms with van der Waals surface area (Å²) in [6.07, 6.45) is 3.31. The van der Waals surface area contributed by atoms with Crippen molar-refractivity contribution in [2.45, 2.75) is 0 Å². The lowest BCUT2D eigenvalue weighted by Crippen LogP contribution is -1.98. The molecule has 7 heteroatoms. The standard InChI is InChI=1S/C21H20N2O5/c1-24-15-6-11-13(8-16(15)25-2)19-14(9-22-10-23-19)12-7-17(26-3)20(27-4)21(28-5)18(11)12/h6-10H,1-5H3. The molecule has 0 fully saturated rings. The Bertz CT molecular complexity index is 1210. The summed E-state index contributed by atoms with van der Waals surface area (Å²) in [7, 11) is 8.00. The van der Waals surface area contributed by atoms with Crippen molar-refractivity contribution in [3.63, 3.8) is 0 Å². The van der Waals surface area contributed by atoms with E-state index in [4.69, 9.17) is 23.7 Å². The number of hydrogen-bond acceptors (Lipinski definition) is 7. The van der Waals surface area contributed by atoms with Crippen LogP contribution < -0.4 is 23.7 Å². The van der Waals surface area contributed by atoms with Gasteiger partial charge in [-0.15, -0.1) is 0 Å². The van der Waals surface area contributed by atoms with E-state index < -0.39 is 0 Å². The summed E-state index contributed by atoms with van der Waals surface area (Å²) < 4.78 is 27.9. The van der Waals surface area contributed by atoms with Gasteiger partial charge in [-0.1, -0.05) is 0 Å². The third-order valence-corrected chi connectivity index (χ3v) is 4.88. The molecule has 0 aliphatic rings. The van der Waals surface area contributed by atoms with Gasteiger partial charge in [-0.3, -0.25) is 0 Å². The molecule has 0 unspecified atom stereocenters. The Morgan fingerprint density at radius 3 is 1.79 bits per heavy atom. The molecule has 0 aliphatic carbocycles. The maximum absolute atomic E-state index is 5.76. The summed E-state index contributed by atoms with van der Waals surface area (Å²) in [5.74, 6) is 2.89. The molecule has 0 aliphatic heterocycles. The fraction of sp³-hybridized carbons (Fsp3) is 0.238. The molecule has 0 radical (unpaired) electrons. The molecule has 0 saturated carbocycles. The second kappa shape index (κ2) is 6.92. The van der Waals surface area contributed by atoms with E-state index in [9.17, 15) is 0 Å². The first-order valence-electron chi connectivity index (χ1n) is 8.58. The van der Waals surface area contributed by atoms with Gasteiger partial charge in [0.1, 0.15) is 6.33 Å². The first-order chi connectivity index (χ1) is 13.7. The summed E-state index contributed by atoms with van der Waals surface area (Å²) in [5.41, 5.74) is 0.799. The molecular formula is C21H20N2O5. The van der Waals surface area contributed by atoms with E-state index in [0.29, 0.717) is 28.7 Å². The second-order valence-corrected chi connectivity index (χ2v) is 6.11. The number of fused-ring (bicyclic) bond motifs is 6. The number of benzene rings is 3. The fourth-order valence-electron chi connectivity index (χ4n) is 3.66. The SMILES string of the molecule is COc1cc2c(cc1OC)c1c(OC)c(OC)c(OC)cc1c1cncnc21. The lowest BCUT2D eigenvalue weighted by Gasteiger charge is -2.18. The highest BCUT2D eigenvalue weighted by Gasteiger charge is 2.22. The van der Waals surface area contributed by atoms with Crippen molar-refractivity contribution in [3.8, 4) is 28.7 Å². The van der Waals surface area contributed by atoms with Crippen molar-refractivity contribution in [1.82, 2.24) is 9.97 Å². The fourth-order valence-corrected chi connectivity index (χ4v) is 3.66. The number of aromatic nitrogens is 2.